The molecule has 5 nitrogen and oxygen atoms in total. The molecule has 5 heteroatoms. The van der Waals surface area contributed by atoms with Gasteiger partial charge in [0, 0.05) is 22.3 Å². The molecule has 2 aromatic carbocycles. The van der Waals surface area contributed by atoms with Crippen LogP contribution in [0.25, 0.3) is 10.9 Å². The molecule has 0 bridgehead atoms. The SMILES string of the molecule is COc1ccc(Nc2ccc3cc(C(=O)O)[nH]c3c2)cc1. The number of aromatic nitrogens is 1. The summed E-state index contributed by atoms with van der Waals surface area (Å²) in [6.45, 7) is 0. The Labute approximate surface area is 121 Å². The van der Waals surface area contributed by atoms with E-state index < -0.39 is 5.97 Å². The Morgan fingerprint density at radius 3 is 2.48 bits per heavy atom. The molecule has 0 radical (unpaired) electrons. The summed E-state index contributed by atoms with van der Waals surface area (Å²) in [5, 5.41) is 13.1. The number of carboxylic acid groups (broad SMARTS) is 1. The van der Waals surface area contributed by atoms with Gasteiger partial charge in [0.25, 0.3) is 0 Å². The molecule has 106 valence electrons. The van der Waals surface area contributed by atoms with Crippen molar-refractivity contribution in [3.8, 4) is 5.75 Å². The van der Waals surface area contributed by atoms with E-state index in [4.69, 9.17) is 9.84 Å². The Balaban J connectivity index is 1.87. The number of nitrogens with one attached hydrogen (secondary N) is 2. The van der Waals surface area contributed by atoms with Gasteiger partial charge in [0.1, 0.15) is 11.4 Å². The average molecular weight is 282 g/mol. The first-order valence-corrected chi connectivity index (χ1v) is 6.43. The number of hydrogen-bond donors (Lipinski definition) is 3. The normalized spacial score (nSPS) is 10.5. The van der Waals surface area contributed by atoms with E-state index in [1.165, 1.54) is 0 Å². The first kappa shape index (κ1) is 13.1. The maximum atomic E-state index is 10.9. The molecule has 0 atom stereocenters. The fourth-order valence-corrected chi connectivity index (χ4v) is 2.16. The van der Waals surface area contributed by atoms with E-state index in [9.17, 15) is 4.79 Å². The number of hydrogen-bond acceptors (Lipinski definition) is 3. The van der Waals surface area contributed by atoms with Gasteiger partial charge in [-0.2, -0.15) is 0 Å². The van der Waals surface area contributed by atoms with Crippen LogP contribution in [0.1, 0.15) is 10.5 Å². The zero-order valence-electron chi connectivity index (χ0n) is 11.4. The quantitative estimate of drug-likeness (QED) is 0.683. The van der Waals surface area contributed by atoms with Crippen LogP contribution in [-0.4, -0.2) is 23.2 Å². The highest BCUT2D eigenvalue weighted by Crippen LogP contribution is 2.24. The van der Waals surface area contributed by atoms with Crippen molar-refractivity contribution >= 4 is 28.2 Å². The van der Waals surface area contributed by atoms with Gasteiger partial charge >= 0.3 is 5.97 Å². The van der Waals surface area contributed by atoms with Crippen LogP contribution in [0.5, 0.6) is 5.75 Å². The molecule has 0 amide bonds. The number of aromatic carboxylic acids is 1. The highest BCUT2D eigenvalue weighted by Gasteiger charge is 2.07. The zero-order valence-corrected chi connectivity index (χ0v) is 11.4. The lowest BCUT2D eigenvalue weighted by atomic mass is 10.2. The number of ether oxygens (including phenoxy) is 1. The monoisotopic (exact) mass is 282 g/mol. The third-order valence-corrected chi connectivity index (χ3v) is 3.23. The summed E-state index contributed by atoms with van der Waals surface area (Å²) in [6.07, 6.45) is 0. The number of H-pyrrole nitrogens is 1. The number of methoxy groups -OCH3 is 1. The van der Waals surface area contributed by atoms with Crippen LogP contribution in [0.3, 0.4) is 0 Å². The summed E-state index contributed by atoms with van der Waals surface area (Å²) < 4.78 is 5.11. The molecule has 0 unspecified atom stereocenters. The van der Waals surface area contributed by atoms with E-state index in [0.29, 0.717) is 0 Å². The van der Waals surface area contributed by atoms with Gasteiger partial charge in [-0.25, -0.2) is 4.79 Å². The lowest BCUT2D eigenvalue weighted by molar-refractivity contribution is 0.0691. The van der Waals surface area contributed by atoms with Crippen molar-refractivity contribution in [3.05, 3.63) is 54.2 Å². The maximum Gasteiger partial charge on any atom is 0.352 e. The summed E-state index contributed by atoms with van der Waals surface area (Å²) in [5.74, 6) is -0.165. The van der Waals surface area contributed by atoms with Crippen molar-refractivity contribution in [2.75, 3.05) is 12.4 Å². The molecule has 0 spiro atoms. The molecule has 0 aliphatic rings. The van der Waals surface area contributed by atoms with Gasteiger partial charge in [0.2, 0.25) is 0 Å². The van der Waals surface area contributed by atoms with Crippen LogP contribution >= 0.6 is 0 Å². The van der Waals surface area contributed by atoms with Gasteiger partial charge in [0.15, 0.2) is 0 Å². The van der Waals surface area contributed by atoms with E-state index in [0.717, 1.165) is 28.0 Å². The van der Waals surface area contributed by atoms with Crippen LogP contribution in [0.15, 0.2) is 48.5 Å². The van der Waals surface area contributed by atoms with E-state index in [1.54, 1.807) is 13.2 Å². The molecule has 21 heavy (non-hydrogen) atoms. The smallest absolute Gasteiger partial charge is 0.352 e. The fraction of sp³-hybridized carbons (Fsp3) is 0.0625. The van der Waals surface area contributed by atoms with Crippen molar-refractivity contribution in [1.29, 1.82) is 0 Å². The lowest BCUT2D eigenvalue weighted by Gasteiger charge is -2.07. The van der Waals surface area contributed by atoms with Crippen LogP contribution in [0.4, 0.5) is 11.4 Å². The van der Waals surface area contributed by atoms with E-state index in [-0.39, 0.29) is 5.69 Å². The molecule has 3 N–H and O–H groups in total. The topological polar surface area (TPSA) is 74.3 Å². The van der Waals surface area contributed by atoms with Crippen molar-refractivity contribution in [1.82, 2.24) is 4.98 Å². The first-order valence-electron chi connectivity index (χ1n) is 6.43. The van der Waals surface area contributed by atoms with Crippen molar-refractivity contribution in [2.24, 2.45) is 0 Å². The van der Waals surface area contributed by atoms with Crippen LogP contribution in [0, 0.1) is 0 Å². The molecule has 0 saturated carbocycles. The number of carboxylic acids is 1. The largest absolute Gasteiger partial charge is 0.497 e. The van der Waals surface area contributed by atoms with Gasteiger partial charge in [-0.05, 0) is 42.5 Å². The minimum absolute atomic E-state index is 0.187. The standard InChI is InChI=1S/C16H14N2O3/c1-21-13-6-4-11(5-7-13)17-12-3-2-10-8-15(16(19)20)18-14(10)9-12/h2-9,17-18H,1H3,(H,19,20). The second kappa shape index (κ2) is 5.20. The molecule has 1 heterocycles. The Hall–Kier alpha value is -2.95. The first-order chi connectivity index (χ1) is 10.2. The third-order valence-electron chi connectivity index (χ3n) is 3.23. The lowest BCUT2D eigenvalue weighted by Crippen LogP contribution is -1.94. The average Bonchev–Trinajstić information content (AvgIpc) is 2.91. The van der Waals surface area contributed by atoms with Crippen molar-refractivity contribution < 1.29 is 14.6 Å². The second-order valence-corrected chi connectivity index (χ2v) is 4.64. The Bertz CT molecular complexity index is 791. The number of fused-ring (bicyclic) bond motifs is 1. The highest BCUT2D eigenvalue weighted by molar-refractivity contribution is 5.94. The van der Waals surface area contributed by atoms with Gasteiger partial charge in [-0.15, -0.1) is 0 Å². The Kier molecular flexibility index (Phi) is 3.23. The molecule has 0 aliphatic heterocycles. The Morgan fingerprint density at radius 2 is 1.81 bits per heavy atom. The molecular weight excluding hydrogens is 268 g/mol. The number of benzene rings is 2. The van der Waals surface area contributed by atoms with Gasteiger partial charge in [0.05, 0.1) is 7.11 Å². The molecular formula is C16H14N2O3. The summed E-state index contributed by atoms with van der Waals surface area (Å²) in [5.41, 5.74) is 2.78. The van der Waals surface area contributed by atoms with E-state index in [1.807, 2.05) is 42.5 Å². The summed E-state index contributed by atoms with van der Waals surface area (Å²) in [6, 6.07) is 14.9. The minimum atomic E-state index is -0.962. The highest BCUT2D eigenvalue weighted by atomic mass is 16.5. The van der Waals surface area contributed by atoms with Gasteiger partial charge < -0.3 is 20.1 Å². The number of anilines is 2. The zero-order chi connectivity index (χ0) is 14.8. The van der Waals surface area contributed by atoms with E-state index >= 15 is 0 Å². The summed E-state index contributed by atoms with van der Waals surface area (Å²) >= 11 is 0. The molecule has 0 fully saturated rings. The fourth-order valence-electron chi connectivity index (χ4n) is 2.16. The molecule has 3 rings (SSSR count). The second-order valence-electron chi connectivity index (χ2n) is 4.64. The molecule has 0 aliphatic carbocycles. The van der Waals surface area contributed by atoms with Crippen molar-refractivity contribution in [2.45, 2.75) is 0 Å². The summed E-state index contributed by atoms with van der Waals surface area (Å²) in [7, 11) is 1.63. The predicted molar refractivity (Wildman–Crippen MR) is 81.5 cm³/mol. The van der Waals surface area contributed by atoms with Gasteiger partial charge in [-0.1, -0.05) is 6.07 Å². The number of aromatic amines is 1. The van der Waals surface area contributed by atoms with Crippen LogP contribution in [-0.2, 0) is 0 Å². The molecule has 1 aromatic heterocycles. The third kappa shape index (κ3) is 2.67. The Morgan fingerprint density at radius 1 is 1.10 bits per heavy atom. The maximum absolute atomic E-state index is 10.9. The predicted octanol–water partition coefficient (Wildman–Crippen LogP) is 3.62. The number of carbonyl (C=O) groups is 1. The number of rotatable bonds is 4. The summed E-state index contributed by atoms with van der Waals surface area (Å²) in [4.78, 5) is 13.8. The molecule has 0 saturated heterocycles. The van der Waals surface area contributed by atoms with Gasteiger partial charge in [-0.3, -0.25) is 0 Å². The van der Waals surface area contributed by atoms with Crippen molar-refractivity contribution in [3.63, 3.8) is 0 Å². The van der Waals surface area contributed by atoms with E-state index in [2.05, 4.69) is 10.3 Å². The minimum Gasteiger partial charge on any atom is -0.497 e. The van der Waals surface area contributed by atoms with Crippen LogP contribution < -0.4 is 10.1 Å². The van der Waals surface area contributed by atoms with Crippen LogP contribution in [0.2, 0.25) is 0 Å². The molecule has 3 aromatic rings.